The molecule has 12 heteroatoms. The molecule has 0 unspecified atom stereocenters. The Morgan fingerprint density at radius 3 is 1.63 bits per heavy atom. The molecule has 0 aromatic heterocycles. The predicted molar refractivity (Wildman–Crippen MR) is 124 cm³/mol. The molecule has 12 nitrogen and oxygen atoms in total. The van der Waals surface area contributed by atoms with Crippen molar-refractivity contribution in [2.75, 3.05) is 6.61 Å². The van der Waals surface area contributed by atoms with E-state index in [1.54, 1.807) is 31.2 Å². The minimum atomic E-state index is -1.15. The van der Waals surface area contributed by atoms with Crippen molar-refractivity contribution in [2.24, 2.45) is 0 Å². The van der Waals surface area contributed by atoms with Crippen molar-refractivity contribution in [3.8, 4) is 0 Å². The summed E-state index contributed by atoms with van der Waals surface area (Å²) in [6.45, 7) is 7.09. The highest BCUT2D eigenvalue weighted by molar-refractivity contribution is 6.36. The van der Waals surface area contributed by atoms with Crippen LogP contribution in [-0.2, 0) is 40.1 Å². The highest BCUT2D eigenvalue weighted by atomic mass is 16.5. The van der Waals surface area contributed by atoms with Gasteiger partial charge in [-0.2, -0.15) is 0 Å². The Bertz CT molecular complexity index is 921. The first-order valence-electron chi connectivity index (χ1n) is 11.1. The van der Waals surface area contributed by atoms with Crippen molar-refractivity contribution in [1.82, 2.24) is 21.3 Å². The van der Waals surface area contributed by atoms with Crippen molar-refractivity contribution in [2.45, 2.75) is 65.4 Å². The van der Waals surface area contributed by atoms with E-state index in [0.29, 0.717) is 0 Å². The molecule has 1 aromatic carbocycles. The largest absolute Gasteiger partial charge is 0.460 e. The van der Waals surface area contributed by atoms with Gasteiger partial charge in [0.25, 0.3) is 5.78 Å². The Morgan fingerprint density at radius 2 is 1.14 bits per heavy atom. The third-order valence-corrected chi connectivity index (χ3v) is 4.67. The number of Topliss-reactive ketones (excluding diaryl/α,β-unsaturated/α-hetero) is 1. The van der Waals surface area contributed by atoms with Crippen molar-refractivity contribution >= 4 is 35.6 Å². The summed E-state index contributed by atoms with van der Waals surface area (Å²) in [5.74, 6) is -4.03. The Kier molecular flexibility index (Phi) is 11.9. The van der Waals surface area contributed by atoms with Gasteiger partial charge in [-0.3, -0.25) is 19.2 Å². The van der Waals surface area contributed by atoms with E-state index >= 15 is 0 Å². The summed E-state index contributed by atoms with van der Waals surface area (Å²) in [5, 5.41) is 9.50. The van der Waals surface area contributed by atoms with Crippen LogP contribution in [-0.4, -0.2) is 66.3 Å². The van der Waals surface area contributed by atoms with Gasteiger partial charge >= 0.3 is 12.1 Å². The molecule has 0 fully saturated rings. The van der Waals surface area contributed by atoms with E-state index < -0.39 is 59.7 Å². The number of esters is 1. The van der Waals surface area contributed by atoms with Crippen molar-refractivity contribution in [3.63, 3.8) is 0 Å². The number of ketones is 1. The van der Waals surface area contributed by atoms with Gasteiger partial charge in [0, 0.05) is 0 Å². The maximum Gasteiger partial charge on any atom is 0.408 e. The lowest BCUT2D eigenvalue weighted by Crippen LogP contribution is -2.55. The normalized spacial score (nSPS) is 13.7. The summed E-state index contributed by atoms with van der Waals surface area (Å²) in [6, 6.07) is 4.74. The third-order valence-electron chi connectivity index (χ3n) is 4.67. The van der Waals surface area contributed by atoms with Crippen LogP contribution in [0.4, 0.5) is 4.79 Å². The fourth-order valence-electron chi connectivity index (χ4n) is 2.60. The molecule has 4 amide bonds. The lowest BCUT2D eigenvalue weighted by molar-refractivity contribution is -0.154. The van der Waals surface area contributed by atoms with E-state index in [1.165, 1.54) is 27.7 Å². The van der Waals surface area contributed by atoms with E-state index in [9.17, 15) is 28.8 Å². The molecule has 35 heavy (non-hydrogen) atoms. The average molecular weight is 493 g/mol. The standard InChI is InChI=1S/C23H32N4O8/c1-6-34-22(32)18(28)13(2)24-19(29)14(3)25-20(30)15(4)26-21(31)16(5)27-23(33)35-12-17-10-8-7-9-11-17/h7-11,13-16H,6,12H2,1-5H3,(H,24,29)(H,25,30)(H,26,31)(H,27,33)/t13-,14-,15-,16-/m0/s1. The van der Waals surface area contributed by atoms with Gasteiger partial charge in [0.2, 0.25) is 17.7 Å². The van der Waals surface area contributed by atoms with E-state index in [1.807, 2.05) is 6.07 Å². The molecule has 0 saturated heterocycles. The lowest BCUT2D eigenvalue weighted by Gasteiger charge is -2.21. The van der Waals surface area contributed by atoms with Gasteiger partial charge in [0.05, 0.1) is 12.6 Å². The summed E-state index contributed by atoms with van der Waals surface area (Å²) < 4.78 is 9.64. The van der Waals surface area contributed by atoms with Crippen LogP contribution in [0.2, 0.25) is 0 Å². The first-order chi connectivity index (χ1) is 16.5. The van der Waals surface area contributed by atoms with Crippen LogP contribution >= 0.6 is 0 Å². The van der Waals surface area contributed by atoms with E-state index in [4.69, 9.17) is 4.74 Å². The number of nitrogens with one attached hydrogen (secondary N) is 4. The van der Waals surface area contributed by atoms with E-state index in [2.05, 4.69) is 26.0 Å². The molecule has 0 bridgehead atoms. The fourth-order valence-corrected chi connectivity index (χ4v) is 2.60. The number of benzene rings is 1. The zero-order valence-corrected chi connectivity index (χ0v) is 20.4. The number of hydrogen-bond donors (Lipinski definition) is 4. The number of carbonyl (C=O) groups excluding carboxylic acids is 6. The Labute approximate surface area is 203 Å². The topological polar surface area (TPSA) is 169 Å². The highest BCUT2D eigenvalue weighted by Gasteiger charge is 2.28. The van der Waals surface area contributed by atoms with Crippen LogP contribution in [0.1, 0.15) is 40.2 Å². The van der Waals surface area contributed by atoms with Crippen molar-refractivity contribution in [3.05, 3.63) is 35.9 Å². The first kappa shape index (κ1) is 29.1. The minimum absolute atomic E-state index is 0.0182. The number of amides is 4. The highest BCUT2D eigenvalue weighted by Crippen LogP contribution is 2.01. The Hall–Kier alpha value is -3.96. The Morgan fingerprint density at radius 1 is 0.686 bits per heavy atom. The number of rotatable bonds is 12. The van der Waals surface area contributed by atoms with Gasteiger partial charge in [0.15, 0.2) is 0 Å². The predicted octanol–water partition coefficient (Wildman–Crippen LogP) is -0.0524. The van der Waals surface area contributed by atoms with Gasteiger partial charge < -0.3 is 30.7 Å². The van der Waals surface area contributed by atoms with Crippen LogP contribution in [0.5, 0.6) is 0 Å². The van der Waals surface area contributed by atoms with Crippen molar-refractivity contribution < 1.29 is 38.2 Å². The van der Waals surface area contributed by atoms with Crippen LogP contribution in [0, 0.1) is 0 Å². The molecule has 4 N–H and O–H groups in total. The van der Waals surface area contributed by atoms with Gasteiger partial charge in [0.1, 0.15) is 24.7 Å². The van der Waals surface area contributed by atoms with Gasteiger partial charge in [-0.15, -0.1) is 0 Å². The number of hydrogen-bond acceptors (Lipinski definition) is 8. The fraction of sp³-hybridized carbons (Fsp3) is 0.478. The molecule has 0 radical (unpaired) electrons. The van der Waals surface area contributed by atoms with Crippen LogP contribution in [0.3, 0.4) is 0 Å². The maximum absolute atomic E-state index is 12.4. The number of alkyl carbamates (subject to hydrolysis) is 1. The second-order valence-electron chi connectivity index (χ2n) is 7.70. The molecule has 0 spiro atoms. The summed E-state index contributed by atoms with van der Waals surface area (Å²) in [6.07, 6.45) is -0.801. The molecular weight excluding hydrogens is 460 g/mol. The van der Waals surface area contributed by atoms with E-state index in [-0.39, 0.29) is 13.2 Å². The monoisotopic (exact) mass is 492 g/mol. The first-order valence-corrected chi connectivity index (χ1v) is 11.1. The number of ether oxygens (including phenoxy) is 2. The molecule has 1 rings (SSSR count). The summed E-state index contributed by atoms with van der Waals surface area (Å²) in [4.78, 5) is 72.1. The van der Waals surface area contributed by atoms with Gasteiger partial charge in [-0.1, -0.05) is 30.3 Å². The molecule has 1 aromatic rings. The SMILES string of the molecule is CCOC(=O)C(=O)[C@H](C)NC(=O)[C@H](C)NC(=O)[C@H](C)NC(=O)[C@H](C)NC(=O)OCc1ccccc1. The van der Waals surface area contributed by atoms with Crippen LogP contribution in [0.25, 0.3) is 0 Å². The molecule has 0 heterocycles. The zero-order valence-electron chi connectivity index (χ0n) is 20.4. The second kappa shape index (κ2) is 14.3. The molecule has 0 aliphatic heterocycles. The van der Waals surface area contributed by atoms with Gasteiger partial charge in [-0.25, -0.2) is 9.59 Å². The summed E-state index contributed by atoms with van der Waals surface area (Å²) in [7, 11) is 0. The molecule has 0 saturated carbocycles. The molecular formula is C23H32N4O8. The molecule has 0 aliphatic rings. The molecule has 4 atom stereocenters. The van der Waals surface area contributed by atoms with E-state index in [0.717, 1.165) is 5.56 Å². The average Bonchev–Trinajstić information content (AvgIpc) is 2.82. The van der Waals surface area contributed by atoms with Crippen LogP contribution < -0.4 is 21.3 Å². The Balaban J connectivity index is 2.46. The molecule has 0 aliphatic carbocycles. The quantitative estimate of drug-likeness (QED) is 0.232. The molecule has 192 valence electrons. The maximum atomic E-state index is 12.4. The smallest absolute Gasteiger partial charge is 0.408 e. The van der Waals surface area contributed by atoms with Gasteiger partial charge in [-0.05, 0) is 40.2 Å². The summed E-state index contributed by atoms with van der Waals surface area (Å²) >= 11 is 0. The summed E-state index contributed by atoms with van der Waals surface area (Å²) in [5.41, 5.74) is 0.780. The third kappa shape index (κ3) is 10.2. The van der Waals surface area contributed by atoms with Crippen LogP contribution in [0.15, 0.2) is 30.3 Å². The van der Waals surface area contributed by atoms with Crippen molar-refractivity contribution in [1.29, 1.82) is 0 Å². The number of carbonyl (C=O) groups is 6. The second-order valence-corrected chi connectivity index (χ2v) is 7.70. The zero-order chi connectivity index (χ0) is 26.5. The minimum Gasteiger partial charge on any atom is -0.460 e. The lowest BCUT2D eigenvalue weighted by atomic mass is 10.2.